The van der Waals surface area contributed by atoms with Gasteiger partial charge in [-0.2, -0.15) is 0 Å². The molecule has 1 heterocycles. The summed E-state index contributed by atoms with van der Waals surface area (Å²) in [7, 11) is 0. The molecule has 1 aromatic carbocycles. The molecular weight excluding hydrogens is 352 g/mol. The lowest BCUT2D eigenvalue weighted by atomic mass is 10.1. The standard InChI is InChI=1S/C12H12BrClN2O2S/c13-7-1-2-9(14)8(5-7)12(17)16-3-4-18-10(6-16)11(15)19/h1-2,5,10H,3-4,6H2,(H2,15,19). The van der Waals surface area contributed by atoms with Gasteiger partial charge in [-0.3, -0.25) is 4.79 Å². The van der Waals surface area contributed by atoms with E-state index in [2.05, 4.69) is 15.9 Å². The van der Waals surface area contributed by atoms with Gasteiger partial charge in [-0.1, -0.05) is 39.7 Å². The summed E-state index contributed by atoms with van der Waals surface area (Å²) in [6, 6.07) is 5.18. The minimum absolute atomic E-state index is 0.143. The van der Waals surface area contributed by atoms with Crippen molar-refractivity contribution in [2.24, 2.45) is 5.73 Å². The largest absolute Gasteiger partial charge is 0.391 e. The predicted octanol–water partition coefficient (Wildman–Crippen LogP) is 2.23. The fraction of sp³-hybridized carbons (Fsp3) is 0.333. The molecule has 2 N–H and O–H groups in total. The molecule has 1 aliphatic heterocycles. The maximum Gasteiger partial charge on any atom is 0.255 e. The Hall–Kier alpha value is -0.690. The van der Waals surface area contributed by atoms with Crippen LogP contribution in [0.2, 0.25) is 5.02 Å². The number of amides is 1. The zero-order chi connectivity index (χ0) is 14.0. The van der Waals surface area contributed by atoms with Gasteiger partial charge in [0.05, 0.1) is 23.7 Å². The van der Waals surface area contributed by atoms with Crippen molar-refractivity contribution in [2.75, 3.05) is 19.7 Å². The van der Waals surface area contributed by atoms with E-state index in [1.165, 1.54) is 0 Å². The zero-order valence-electron chi connectivity index (χ0n) is 9.94. The van der Waals surface area contributed by atoms with Crippen LogP contribution in [0.1, 0.15) is 10.4 Å². The van der Waals surface area contributed by atoms with E-state index in [1.807, 2.05) is 0 Å². The Kier molecular flexibility index (Phi) is 4.78. The second-order valence-corrected chi connectivity index (χ2v) is 5.93. The quantitative estimate of drug-likeness (QED) is 0.819. The van der Waals surface area contributed by atoms with Crippen LogP contribution in [0, 0.1) is 0 Å². The number of carbonyl (C=O) groups excluding carboxylic acids is 1. The van der Waals surface area contributed by atoms with Gasteiger partial charge in [0.25, 0.3) is 5.91 Å². The number of halogens is 2. The van der Waals surface area contributed by atoms with E-state index in [1.54, 1.807) is 23.1 Å². The van der Waals surface area contributed by atoms with Crippen molar-refractivity contribution in [1.82, 2.24) is 4.90 Å². The molecule has 0 aliphatic carbocycles. The molecule has 1 aliphatic rings. The molecule has 1 amide bonds. The molecule has 7 heteroatoms. The van der Waals surface area contributed by atoms with Crippen molar-refractivity contribution in [3.8, 4) is 0 Å². The van der Waals surface area contributed by atoms with Crippen molar-refractivity contribution in [3.63, 3.8) is 0 Å². The van der Waals surface area contributed by atoms with Gasteiger partial charge in [0.1, 0.15) is 11.1 Å². The molecule has 0 saturated carbocycles. The van der Waals surface area contributed by atoms with E-state index in [-0.39, 0.29) is 10.9 Å². The SMILES string of the molecule is NC(=S)C1CN(C(=O)c2cc(Br)ccc2Cl)CCO1. The first-order valence-electron chi connectivity index (χ1n) is 5.64. The van der Waals surface area contributed by atoms with Crippen molar-refractivity contribution < 1.29 is 9.53 Å². The number of ether oxygens (including phenoxy) is 1. The van der Waals surface area contributed by atoms with E-state index in [9.17, 15) is 4.79 Å². The minimum Gasteiger partial charge on any atom is -0.391 e. The highest BCUT2D eigenvalue weighted by molar-refractivity contribution is 9.10. The number of morpholine rings is 1. The Bertz CT molecular complexity index is 526. The number of rotatable bonds is 2. The van der Waals surface area contributed by atoms with E-state index in [0.29, 0.717) is 30.3 Å². The molecule has 1 saturated heterocycles. The first kappa shape index (κ1) is 14.7. The van der Waals surface area contributed by atoms with E-state index < -0.39 is 6.10 Å². The molecule has 1 aromatic rings. The monoisotopic (exact) mass is 362 g/mol. The number of hydrogen-bond donors (Lipinski definition) is 1. The topological polar surface area (TPSA) is 55.6 Å². The number of thiocarbonyl (C=S) groups is 1. The van der Waals surface area contributed by atoms with Gasteiger partial charge in [0.2, 0.25) is 0 Å². The summed E-state index contributed by atoms with van der Waals surface area (Å²) in [5.74, 6) is -0.143. The molecule has 102 valence electrons. The molecule has 1 fully saturated rings. The van der Waals surface area contributed by atoms with Gasteiger partial charge in [-0.05, 0) is 18.2 Å². The minimum atomic E-state index is -0.390. The predicted molar refractivity (Wildman–Crippen MR) is 81.6 cm³/mol. The van der Waals surface area contributed by atoms with Crippen molar-refractivity contribution in [2.45, 2.75) is 6.10 Å². The first-order valence-corrected chi connectivity index (χ1v) is 7.22. The third-order valence-electron chi connectivity index (χ3n) is 2.83. The van der Waals surface area contributed by atoms with E-state index in [0.717, 1.165) is 4.47 Å². The summed E-state index contributed by atoms with van der Waals surface area (Å²) in [5, 5.41) is 0.423. The third-order valence-corrected chi connectivity index (χ3v) is 3.92. The number of carbonyl (C=O) groups is 1. The number of hydrogen-bond acceptors (Lipinski definition) is 3. The Morgan fingerprint density at radius 3 is 3.00 bits per heavy atom. The molecule has 4 nitrogen and oxygen atoms in total. The van der Waals surface area contributed by atoms with Crippen LogP contribution in [0.15, 0.2) is 22.7 Å². The van der Waals surface area contributed by atoms with Crippen molar-refractivity contribution in [1.29, 1.82) is 0 Å². The third kappa shape index (κ3) is 3.45. The van der Waals surface area contributed by atoms with Gasteiger partial charge in [0.15, 0.2) is 0 Å². The van der Waals surface area contributed by atoms with Crippen molar-refractivity contribution >= 4 is 50.6 Å². The van der Waals surface area contributed by atoms with Crippen LogP contribution in [0.5, 0.6) is 0 Å². The second kappa shape index (κ2) is 6.17. The highest BCUT2D eigenvalue weighted by atomic mass is 79.9. The van der Waals surface area contributed by atoms with Gasteiger partial charge in [0, 0.05) is 11.0 Å². The summed E-state index contributed by atoms with van der Waals surface area (Å²) in [6.45, 7) is 1.27. The summed E-state index contributed by atoms with van der Waals surface area (Å²) in [6.07, 6.45) is -0.390. The Morgan fingerprint density at radius 2 is 2.32 bits per heavy atom. The first-order chi connectivity index (χ1) is 8.99. The number of nitrogens with zero attached hydrogens (tertiary/aromatic N) is 1. The lowest BCUT2D eigenvalue weighted by Crippen LogP contribution is -2.50. The van der Waals surface area contributed by atoms with Crippen LogP contribution in [0.4, 0.5) is 0 Å². The normalized spacial score (nSPS) is 19.3. The molecule has 0 bridgehead atoms. The Morgan fingerprint density at radius 1 is 1.58 bits per heavy atom. The van der Waals surface area contributed by atoms with E-state index >= 15 is 0 Å². The molecule has 0 radical (unpaired) electrons. The lowest BCUT2D eigenvalue weighted by Gasteiger charge is -2.32. The molecule has 1 unspecified atom stereocenters. The summed E-state index contributed by atoms with van der Waals surface area (Å²) in [4.78, 5) is 14.3. The Balaban J connectivity index is 2.19. The van der Waals surface area contributed by atoms with Crippen LogP contribution < -0.4 is 5.73 Å². The smallest absolute Gasteiger partial charge is 0.255 e. The van der Waals surface area contributed by atoms with Gasteiger partial charge >= 0.3 is 0 Å². The molecule has 0 spiro atoms. The van der Waals surface area contributed by atoms with E-state index in [4.69, 9.17) is 34.3 Å². The highest BCUT2D eigenvalue weighted by Gasteiger charge is 2.27. The molecular formula is C12H12BrClN2O2S. The van der Waals surface area contributed by atoms with Crippen LogP contribution in [-0.2, 0) is 4.74 Å². The summed E-state index contributed by atoms with van der Waals surface area (Å²) in [5.41, 5.74) is 6.02. The fourth-order valence-corrected chi connectivity index (χ4v) is 2.54. The fourth-order valence-electron chi connectivity index (χ4n) is 1.84. The maximum atomic E-state index is 12.4. The van der Waals surface area contributed by atoms with Crippen LogP contribution in [0.25, 0.3) is 0 Å². The maximum absolute atomic E-state index is 12.4. The lowest BCUT2D eigenvalue weighted by molar-refractivity contribution is 0.00879. The highest BCUT2D eigenvalue weighted by Crippen LogP contribution is 2.23. The number of benzene rings is 1. The Labute approximate surface area is 130 Å². The zero-order valence-corrected chi connectivity index (χ0v) is 13.1. The number of nitrogens with two attached hydrogens (primary N) is 1. The molecule has 2 rings (SSSR count). The van der Waals surface area contributed by atoms with Gasteiger partial charge in [-0.25, -0.2) is 0 Å². The van der Waals surface area contributed by atoms with Crippen molar-refractivity contribution in [3.05, 3.63) is 33.3 Å². The van der Waals surface area contributed by atoms with Crippen LogP contribution in [-0.4, -0.2) is 41.6 Å². The average molecular weight is 364 g/mol. The summed E-state index contributed by atoms with van der Waals surface area (Å²) >= 11 is 14.3. The molecule has 19 heavy (non-hydrogen) atoms. The average Bonchev–Trinajstić information content (AvgIpc) is 2.41. The second-order valence-electron chi connectivity index (χ2n) is 4.14. The van der Waals surface area contributed by atoms with Crippen LogP contribution in [0.3, 0.4) is 0 Å². The van der Waals surface area contributed by atoms with Crippen LogP contribution >= 0.6 is 39.7 Å². The van der Waals surface area contributed by atoms with Gasteiger partial charge in [-0.15, -0.1) is 0 Å². The van der Waals surface area contributed by atoms with Gasteiger partial charge < -0.3 is 15.4 Å². The summed E-state index contributed by atoms with van der Waals surface area (Å²) < 4.78 is 6.21. The molecule has 0 aromatic heterocycles. The molecule has 1 atom stereocenters.